The first-order valence-corrected chi connectivity index (χ1v) is 9.48. The number of fused-ring (bicyclic) bond motifs is 2. The number of pyridine rings is 1. The van der Waals surface area contributed by atoms with E-state index in [1.54, 1.807) is 6.20 Å². The SMILES string of the molecule is Cc1cc(C(=O)N2CCC3(c4ccccc4)CC2C3)cnc1OC(C)C. The molecule has 4 nitrogen and oxygen atoms in total. The molecule has 0 N–H and O–H groups in total. The fourth-order valence-electron chi connectivity index (χ4n) is 4.41. The molecule has 2 saturated heterocycles. The van der Waals surface area contributed by atoms with Crippen LogP contribution in [0, 0.1) is 6.92 Å². The van der Waals surface area contributed by atoms with E-state index in [2.05, 4.69) is 35.3 Å². The fourth-order valence-corrected chi connectivity index (χ4v) is 4.41. The van der Waals surface area contributed by atoms with Gasteiger partial charge in [0.1, 0.15) is 0 Å². The highest BCUT2D eigenvalue weighted by atomic mass is 16.5. The van der Waals surface area contributed by atoms with Gasteiger partial charge in [-0.1, -0.05) is 30.3 Å². The molecule has 26 heavy (non-hydrogen) atoms. The maximum Gasteiger partial charge on any atom is 0.255 e. The van der Waals surface area contributed by atoms with Crippen molar-refractivity contribution in [2.75, 3.05) is 6.54 Å². The van der Waals surface area contributed by atoms with E-state index >= 15 is 0 Å². The van der Waals surface area contributed by atoms with Crippen LogP contribution < -0.4 is 4.74 Å². The van der Waals surface area contributed by atoms with E-state index < -0.39 is 0 Å². The molecule has 1 aromatic carbocycles. The predicted molar refractivity (Wildman–Crippen MR) is 102 cm³/mol. The van der Waals surface area contributed by atoms with Crippen molar-refractivity contribution in [3.8, 4) is 5.88 Å². The minimum absolute atomic E-state index is 0.0749. The summed E-state index contributed by atoms with van der Waals surface area (Å²) in [5, 5.41) is 0. The van der Waals surface area contributed by atoms with Crippen LogP contribution >= 0.6 is 0 Å². The lowest BCUT2D eigenvalue weighted by molar-refractivity contribution is -0.00436. The summed E-state index contributed by atoms with van der Waals surface area (Å²) in [6, 6.07) is 13.0. The molecular formula is C22H26N2O2. The Bertz CT molecular complexity index is 805. The second-order valence-electron chi connectivity index (χ2n) is 7.97. The van der Waals surface area contributed by atoms with Gasteiger partial charge in [0, 0.05) is 29.8 Å². The zero-order valence-electron chi connectivity index (χ0n) is 15.7. The quantitative estimate of drug-likeness (QED) is 0.833. The lowest BCUT2D eigenvalue weighted by Gasteiger charge is -2.58. The Balaban J connectivity index is 1.47. The maximum absolute atomic E-state index is 13.0. The first kappa shape index (κ1) is 17.1. The lowest BCUT2D eigenvalue weighted by atomic mass is 9.57. The monoisotopic (exact) mass is 350 g/mol. The van der Waals surface area contributed by atoms with E-state index in [0.717, 1.165) is 31.4 Å². The van der Waals surface area contributed by atoms with Crippen molar-refractivity contribution in [1.82, 2.24) is 9.88 Å². The Morgan fingerprint density at radius 3 is 2.58 bits per heavy atom. The maximum atomic E-state index is 13.0. The highest BCUT2D eigenvalue weighted by Gasteiger charge is 2.52. The zero-order valence-corrected chi connectivity index (χ0v) is 15.7. The second-order valence-corrected chi connectivity index (χ2v) is 7.97. The molecule has 0 unspecified atom stereocenters. The number of carbonyl (C=O) groups excluding carboxylic acids is 1. The van der Waals surface area contributed by atoms with Crippen molar-refractivity contribution < 1.29 is 9.53 Å². The Morgan fingerprint density at radius 1 is 1.27 bits per heavy atom. The third kappa shape index (κ3) is 2.87. The van der Waals surface area contributed by atoms with Gasteiger partial charge in [-0.2, -0.15) is 0 Å². The van der Waals surface area contributed by atoms with Crippen LogP contribution in [0.5, 0.6) is 5.88 Å². The number of piperidine rings is 2. The van der Waals surface area contributed by atoms with Crippen LogP contribution in [0.3, 0.4) is 0 Å². The van der Waals surface area contributed by atoms with Crippen LogP contribution in [0.15, 0.2) is 42.6 Å². The van der Waals surface area contributed by atoms with E-state index in [1.807, 2.05) is 31.7 Å². The summed E-state index contributed by atoms with van der Waals surface area (Å²) in [6.07, 6.45) is 4.92. The highest BCUT2D eigenvalue weighted by molar-refractivity contribution is 5.94. The number of benzene rings is 1. The average Bonchev–Trinajstić information content (AvgIpc) is 2.62. The molecule has 2 aliphatic heterocycles. The summed E-state index contributed by atoms with van der Waals surface area (Å²) in [5.41, 5.74) is 3.29. The molecule has 3 aliphatic rings. The number of carbonyl (C=O) groups is 1. The largest absolute Gasteiger partial charge is 0.475 e. The molecule has 3 fully saturated rings. The van der Waals surface area contributed by atoms with Gasteiger partial charge < -0.3 is 9.64 Å². The summed E-state index contributed by atoms with van der Waals surface area (Å²) in [5.74, 6) is 0.713. The Labute approximate surface area is 155 Å². The van der Waals surface area contributed by atoms with Gasteiger partial charge in [0.2, 0.25) is 5.88 Å². The molecule has 1 saturated carbocycles. The summed E-state index contributed by atoms with van der Waals surface area (Å²) in [4.78, 5) is 19.4. The smallest absolute Gasteiger partial charge is 0.255 e. The van der Waals surface area contributed by atoms with Gasteiger partial charge in [-0.3, -0.25) is 4.79 Å². The second kappa shape index (κ2) is 6.42. The van der Waals surface area contributed by atoms with E-state index in [9.17, 15) is 4.79 Å². The van der Waals surface area contributed by atoms with Gasteiger partial charge in [-0.15, -0.1) is 0 Å². The summed E-state index contributed by atoms with van der Waals surface area (Å²) in [7, 11) is 0. The predicted octanol–water partition coefficient (Wildman–Crippen LogP) is 4.12. The van der Waals surface area contributed by atoms with E-state index in [1.165, 1.54) is 5.56 Å². The molecule has 136 valence electrons. The standard InChI is InChI=1S/C22H26N2O2/c1-15(2)26-20-16(3)11-17(14-23-20)21(25)24-10-9-22(12-19(24)13-22)18-7-5-4-6-8-18/h4-8,11,14-15,19H,9-10,12-13H2,1-3H3. The van der Waals surface area contributed by atoms with Crippen LogP contribution in [0.1, 0.15) is 54.6 Å². The molecule has 5 rings (SSSR count). The van der Waals surface area contributed by atoms with Gasteiger partial charge in [0.25, 0.3) is 5.91 Å². The molecule has 1 aliphatic carbocycles. The van der Waals surface area contributed by atoms with Crippen molar-refractivity contribution in [3.63, 3.8) is 0 Å². The highest BCUT2D eigenvalue weighted by Crippen LogP contribution is 2.52. The molecule has 1 amide bonds. The zero-order chi connectivity index (χ0) is 18.3. The summed E-state index contributed by atoms with van der Waals surface area (Å²) >= 11 is 0. The van der Waals surface area contributed by atoms with E-state index in [4.69, 9.17) is 4.74 Å². The number of hydrogen-bond donors (Lipinski definition) is 0. The topological polar surface area (TPSA) is 42.4 Å². The molecular weight excluding hydrogens is 324 g/mol. The number of ether oxygens (including phenoxy) is 1. The van der Waals surface area contributed by atoms with Crippen LogP contribution in [-0.4, -0.2) is 34.5 Å². The molecule has 2 aromatic rings. The number of rotatable bonds is 4. The third-order valence-electron chi connectivity index (χ3n) is 5.80. The molecule has 4 heteroatoms. The van der Waals surface area contributed by atoms with Crippen LogP contribution in [-0.2, 0) is 5.41 Å². The normalized spacial score (nSPS) is 24.3. The Morgan fingerprint density at radius 2 is 2.00 bits per heavy atom. The van der Waals surface area contributed by atoms with E-state index in [-0.39, 0.29) is 17.4 Å². The third-order valence-corrected chi connectivity index (χ3v) is 5.80. The molecule has 1 aromatic heterocycles. The number of nitrogens with zero attached hydrogens (tertiary/aromatic N) is 2. The van der Waals surface area contributed by atoms with Crippen LogP contribution in [0.2, 0.25) is 0 Å². The molecule has 0 atom stereocenters. The molecule has 0 spiro atoms. The Hall–Kier alpha value is -2.36. The number of hydrogen-bond acceptors (Lipinski definition) is 3. The first-order valence-electron chi connectivity index (χ1n) is 9.48. The lowest BCUT2D eigenvalue weighted by Crippen LogP contribution is -2.61. The summed E-state index contributed by atoms with van der Waals surface area (Å²) in [6.45, 7) is 6.72. The van der Waals surface area contributed by atoms with Crippen LogP contribution in [0.4, 0.5) is 0 Å². The molecule has 0 radical (unpaired) electrons. The number of aromatic nitrogens is 1. The molecule has 2 bridgehead atoms. The van der Waals surface area contributed by atoms with Crippen LogP contribution in [0.25, 0.3) is 0 Å². The van der Waals surface area contributed by atoms with E-state index in [0.29, 0.717) is 17.5 Å². The van der Waals surface area contributed by atoms with Gasteiger partial charge in [-0.05, 0) is 51.7 Å². The van der Waals surface area contributed by atoms with Crippen molar-refractivity contribution in [3.05, 3.63) is 59.3 Å². The van der Waals surface area contributed by atoms with Gasteiger partial charge in [0.15, 0.2) is 0 Å². The van der Waals surface area contributed by atoms with Gasteiger partial charge >= 0.3 is 0 Å². The fraction of sp³-hybridized carbons (Fsp3) is 0.455. The average molecular weight is 350 g/mol. The van der Waals surface area contributed by atoms with Crippen molar-refractivity contribution in [2.45, 2.75) is 57.6 Å². The molecule has 3 heterocycles. The minimum Gasteiger partial charge on any atom is -0.475 e. The van der Waals surface area contributed by atoms with Crippen molar-refractivity contribution >= 4 is 5.91 Å². The first-order chi connectivity index (χ1) is 12.5. The number of amides is 1. The summed E-state index contributed by atoms with van der Waals surface area (Å²) < 4.78 is 5.68. The van der Waals surface area contributed by atoms with Gasteiger partial charge in [0.05, 0.1) is 11.7 Å². The van der Waals surface area contributed by atoms with Crippen molar-refractivity contribution in [2.24, 2.45) is 0 Å². The minimum atomic E-state index is 0.0749. The van der Waals surface area contributed by atoms with Crippen molar-refractivity contribution in [1.29, 1.82) is 0 Å². The number of aryl methyl sites for hydroxylation is 1. The Kier molecular flexibility index (Phi) is 4.22. The van der Waals surface area contributed by atoms with Gasteiger partial charge in [-0.25, -0.2) is 4.98 Å².